The van der Waals surface area contributed by atoms with Gasteiger partial charge in [0.1, 0.15) is 0 Å². The SMILES string of the molecule is N[C@H](c1ccsc1)c1ccccc1SC(F)(F)F. The molecule has 0 aliphatic carbocycles. The summed E-state index contributed by atoms with van der Waals surface area (Å²) in [5.41, 5.74) is 3.03. The summed E-state index contributed by atoms with van der Waals surface area (Å²) in [6, 6.07) is 7.66. The van der Waals surface area contributed by atoms with Gasteiger partial charge in [0.05, 0.1) is 6.04 Å². The van der Waals surface area contributed by atoms with Crippen LogP contribution in [0, 0.1) is 0 Å². The first kappa shape index (κ1) is 13.5. The van der Waals surface area contributed by atoms with Crippen LogP contribution in [0.25, 0.3) is 0 Å². The smallest absolute Gasteiger partial charge is 0.320 e. The van der Waals surface area contributed by atoms with Crippen LogP contribution in [0.4, 0.5) is 13.2 Å². The number of thioether (sulfide) groups is 1. The highest BCUT2D eigenvalue weighted by molar-refractivity contribution is 8.00. The quantitative estimate of drug-likeness (QED) is 0.847. The number of rotatable bonds is 3. The number of nitrogens with two attached hydrogens (primary N) is 1. The van der Waals surface area contributed by atoms with Crippen LogP contribution in [0.1, 0.15) is 17.2 Å². The molecule has 0 bridgehead atoms. The molecule has 6 heteroatoms. The standard InChI is InChI=1S/C12H10F3NS2/c13-12(14,15)18-10-4-2-1-3-9(10)11(16)8-5-6-17-7-8/h1-7,11H,16H2/t11-/m1/s1. The molecule has 1 aromatic carbocycles. The summed E-state index contributed by atoms with van der Waals surface area (Å²) in [7, 11) is 0. The number of thiophene rings is 1. The first-order valence-corrected chi connectivity index (χ1v) is 6.85. The van der Waals surface area contributed by atoms with Gasteiger partial charge in [-0.15, -0.1) is 0 Å². The zero-order valence-corrected chi connectivity index (χ0v) is 10.8. The average molecular weight is 289 g/mol. The van der Waals surface area contributed by atoms with Gasteiger partial charge in [-0.1, -0.05) is 18.2 Å². The van der Waals surface area contributed by atoms with Crippen LogP contribution in [0.15, 0.2) is 46.0 Å². The molecule has 0 amide bonds. The molecule has 1 atom stereocenters. The van der Waals surface area contributed by atoms with Crippen LogP contribution < -0.4 is 5.73 Å². The maximum atomic E-state index is 12.5. The van der Waals surface area contributed by atoms with Gasteiger partial charge in [0.15, 0.2) is 0 Å². The van der Waals surface area contributed by atoms with Crippen LogP contribution in [0.5, 0.6) is 0 Å². The Morgan fingerprint density at radius 3 is 2.50 bits per heavy atom. The van der Waals surface area contributed by atoms with Crippen LogP contribution in [0.3, 0.4) is 0 Å². The predicted octanol–water partition coefficient (Wildman–Crippen LogP) is 4.41. The van der Waals surface area contributed by atoms with E-state index in [1.165, 1.54) is 17.4 Å². The van der Waals surface area contributed by atoms with Crippen molar-refractivity contribution in [1.82, 2.24) is 0 Å². The highest BCUT2D eigenvalue weighted by atomic mass is 32.2. The fourth-order valence-corrected chi connectivity index (χ4v) is 2.99. The molecule has 2 N–H and O–H groups in total. The predicted molar refractivity (Wildman–Crippen MR) is 68.7 cm³/mol. The van der Waals surface area contributed by atoms with Gasteiger partial charge in [0.25, 0.3) is 0 Å². The van der Waals surface area contributed by atoms with Gasteiger partial charge in [-0.2, -0.15) is 24.5 Å². The van der Waals surface area contributed by atoms with Crippen molar-refractivity contribution in [2.24, 2.45) is 5.73 Å². The van der Waals surface area contributed by atoms with E-state index in [0.717, 1.165) is 5.56 Å². The third-order valence-corrected chi connectivity index (χ3v) is 3.91. The minimum atomic E-state index is -4.30. The van der Waals surface area contributed by atoms with Crippen LogP contribution in [0.2, 0.25) is 0 Å². The highest BCUT2D eigenvalue weighted by Gasteiger charge is 2.31. The number of hydrogen-bond donors (Lipinski definition) is 1. The van der Waals surface area contributed by atoms with Gasteiger partial charge in [-0.05, 0) is 45.8 Å². The van der Waals surface area contributed by atoms with E-state index in [1.54, 1.807) is 18.2 Å². The molecule has 0 saturated carbocycles. The molecule has 2 aromatic rings. The molecule has 2 rings (SSSR count). The second-order valence-corrected chi connectivity index (χ2v) is 5.51. The van der Waals surface area contributed by atoms with Gasteiger partial charge >= 0.3 is 5.51 Å². The Balaban J connectivity index is 2.33. The van der Waals surface area contributed by atoms with Gasteiger partial charge in [-0.25, -0.2) is 0 Å². The van der Waals surface area contributed by atoms with Crippen molar-refractivity contribution < 1.29 is 13.2 Å². The van der Waals surface area contributed by atoms with Crippen molar-refractivity contribution in [1.29, 1.82) is 0 Å². The number of alkyl halides is 3. The third-order valence-electron chi connectivity index (χ3n) is 2.38. The monoisotopic (exact) mass is 289 g/mol. The molecule has 96 valence electrons. The summed E-state index contributed by atoms with van der Waals surface area (Å²) in [5.74, 6) is 0. The average Bonchev–Trinajstić information content (AvgIpc) is 2.80. The minimum Gasteiger partial charge on any atom is -0.320 e. The molecule has 1 nitrogen and oxygen atoms in total. The first-order valence-electron chi connectivity index (χ1n) is 5.10. The number of hydrogen-bond acceptors (Lipinski definition) is 3. The lowest BCUT2D eigenvalue weighted by Crippen LogP contribution is -2.13. The summed E-state index contributed by atoms with van der Waals surface area (Å²) < 4.78 is 37.4. The summed E-state index contributed by atoms with van der Waals surface area (Å²) >= 11 is 1.35. The second kappa shape index (κ2) is 5.34. The molecular formula is C12H10F3NS2. The summed E-state index contributed by atoms with van der Waals surface area (Å²) in [4.78, 5) is 0.156. The Morgan fingerprint density at radius 1 is 1.17 bits per heavy atom. The van der Waals surface area contributed by atoms with Crippen molar-refractivity contribution in [3.63, 3.8) is 0 Å². The van der Waals surface area contributed by atoms with E-state index in [2.05, 4.69) is 0 Å². The normalized spacial score (nSPS) is 13.6. The molecule has 0 fully saturated rings. The van der Waals surface area contributed by atoms with Gasteiger partial charge in [0.2, 0.25) is 0 Å². The van der Waals surface area contributed by atoms with Crippen molar-refractivity contribution in [3.8, 4) is 0 Å². The molecule has 1 aromatic heterocycles. The molecule has 0 spiro atoms. The summed E-state index contributed by atoms with van der Waals surface area (Å²) in [5, 5.41) is 3.70. The molecular weight excluding hydrogens is 279 g/mol. The Morgan fingerprint density at radius 2 is 1.89 bits per heavy atom. The molecule has 18 heavy (non-hydrogen) atoms. The van der Waals surface area contributed by atoms with E-state index in [9.17, 15) is 13.2 Å². The van der Waals surface area contributed by atoms with Crippen LogP contribution in [-0.4, -0.2) is 5.51 Å². The van der Waals surface area contributed by atoms with Gasteiger partial charge < -0.3 is 5.73 Å². The second-order valence-electron chi connectivity index (χ2n) is 3.62. The van der Waals surface area contributed by atoms with E-state index in [4.69, 9.17) is 5.73 Å². The van der Waals surface area contributed by atoms with Crippen molar-refractivity contribution in [2.75, 3.05) is 0 Å². The van der Waals surface area contributed by atoms with E-state index in [0.29, 0.717) is 5.56 Å². The van der Waals surface area contributed by atoms with Crippen molar-refractivity contribution in [2.45, 2.75) is 16.4 Å². The Hall–Kier alpha value is -0.980. The summed E-state index contributed by atoms with van der Waals surface area (Å²) in [6.07, 6.45) is 0. The van der Waals surface area contributed by atoms with Gasteiger partial charge in [-0.3, -0.25) is 0 Å². The highest BCUT2D eigenvalue weighted by Crippen LogP contribution is 2.40. The topological polar surface area (TPSA) is 26.0 Å². The zero-order chi connectivity index (χ0) is 13.2. The van der Waals surface area contributed by atoms with Gasteiger partial charge in [0, 0.05) is 4.90 Å². The largest absolute Gasteiger partial charge is 0.446 e. The lowest BCUT2D eigenvalue weighted by Gasteiger charge is -2.16. The van der Waals surface area contributed by atoms with Crippen LogP contribution >= 0.6 is 23.1 Å². The lowest BCUT2D eigenvalue weighted by atomic mass is 10.0. The molecule has 0 saturated heterocycles. The van der Waals surface area contributed by atoms with E-state index in [1.807, 2.05) is 16.8 Å². The van der Waals surface area contributed by atoms with Crippen LogP contribution in [-0.2, 0) is 0 Å². The van der Waals surface area contributed by atoms with Crippen molar-refractivity contribution >= 4 is 23.1 Å². The molecule has 1 heterocycles. The molecule has 0 aliphatic rings. The Labute approximate surface area is 111 Å². The summed E-state index contributed by atoms with van der Waals surface area (Å²) in [6.45, 7) is 0. The van der Waals surface area contributed by atoms with E-state index < -0.39 is 11.6 Å². The molecule has 0 unspecified atom stereocenters. The Bertz CT molecular complexity index is 508. The van der Waals surface area contributed by atoms with Crippen molar-refractivity contribution in [3.05, 3.63) is 52.2 Å². The number of halogens is 3. The molecule has 0 radical (unpaired) electrons. The fourth-order valence-electron chi connectivity index (χ4n) is 1.59. The third kappa shape index (κ3) is 3.28. The van der Waals surface area contributed by atoms with E-state index in [-0.39, 0.29) is 16.7 Å². The zero-order valence-electron chi connectivity index (χ0n) is 9.15. The lowest BCUT2D eigenvalue weighted by molar-refractivity contribution is -0.0328. The minimum absolute atomic E-state index is 0.124. The fraction of sp³-hybridized carbons (Fsp3) is 0.167. The maximum absolute atomic E-state index is 12.5. The number of benzene rings is 1. The maximum Gasteiger partial charge on any atom is 0.446 e. The van der Waals surface area contributed by atoms with E-state index >= 15 is 0 Å². The first-order chi connectivity index (χ1) is 8.47. The Kier molecular flexibility index (Phi) is 3.99. The molecule has 0 aliphatic heterocycles.